The van der Waals surface area contributed by atoms with Gasteiger partial charge in [-0.05, 0) is 75.2 Å². The molecule has 1 aromatic heterocycles. The Morgan fingerprint density at radius 2 is 1.89 bits per heavy atom. The molecule has 0 bridgehead atoms. The summed E-state index contributed by atoms with van der Waals surface area (Å²) in [6.45, 7) is 6.58. The molecule has 0 spiro atoms. The molecule has 2 aliphatic rings. The number of carbonyl (C=O) groups is 2. The number of likely N-dealkylation sites (N-methyl/N-ethyl adjacent to an activating group) is 1. The van der Waals surface area contributed by atoms with Crippen molar-refractivity contribution in [1.29, 1.82) is 0 Å². The van der Waals surface area contributed by atoms with E-state index in [1.807, 2.05) is 67.5 Å². The lowest BCUT2D eigenvalue weighted by Crippen LogP contribution is -2.53. The van der Waals surface area contributed by atoms with Gasteiger partial charge in [-0.1, -0.05) is 51.0 Å². The predicted molar refractivity (Wildman–Crippen MR) is 212 cm³/mol. The molecule has 1 saturated heterocycles. The molecule has 1 aliphatic carbocycles. The Labute approximate surface area is 325 Å². The van der Waals surface area contributed by atoms with Gasteiger partial charge in [0.1, 0.15) is 17.9 Å². The van der Waals surface area contributed by atoms with Crippen molar-refractivity contribution in [2.24, 2.45) is 17.8 Å². The highest BCUT2D eigenvalue weighted by Gasteiger charge is 2.50. The van der Waals surface area contributed by atoms with Crippen LogP contribution < -0.4 is 20.7 Å². The summed E-state index contributed by atoms with van der Waals surface area (Å²) in [4.78, 5) is 40.8. The average molecular weight is 761 g/mol. The highest BCUT2D eigenvalue weighted by atomic mass is 16.7. The van der Waals surface area contributed by atoms with Gasteiger partial charge in [-0.2, -0.15) is 5.06 Å². The van der Waals surface area contributed by atoms with Crippen molar-refractivity contribution < 1.29 is 34.5 Å². The number of aliphatic hydroxyl groups is 3. The Bertz CT molecular complexity index is 1710. The summed E-state index contributed by atoms with van der Waals surface area (Å²) < 4.78 is 6.05. The molecule has 5 rings (SSSR count). The molecule has 13 heteroatoms. The maximum absolute atomic E-state index is 14.1. The van der Waals surface area contributed by atoms with Gasteiger partial charge in [0.15, 0.2) is 0 Å². The first-order chi connectivity index (χ1) is 26.4. The maximum atomic E-state index is 14.1. The third-order valence-electron chi connectivity index (χ3n) is 11.1. The van der Waals surface area contributed by atoms with Gasteiger partial charge in [0.05, 0.1) is 33.0 Å². The Morgan fingerprint density at radius 1 is 1.09 bits per heavy atom. The van der Waals surface area contributed by atoms with Gasteiger partial charge in [0, 0.05) is 71.8 Å². The molecule has 55 heavy (non-hydrogen) atoms. The Hall–Kier alpha value is -4.11. The number of pyridine rings is 1. The zero-order chi connectivity index (χ0) is 39.6. The summed E-state index contributed by atoms with van der Waals surface area (Å²) in [6, 6.07) is 15.8. The Kier molecular flexibility index (Phi) is 15.0. The zero-order valence-corrected chi connectivity index (χ0v) is 33.1. The second-order valence-electron chi connectivity index (χ2n) is 15.5. The quantitative estimate of drug-likeness (QED) is 0.119. The third kappa shape index (κ3) is 10.6. The van der Waals surface area contributed by atoms with Crippen molar-refractivity contribution in [2.75, 3.05) is 52.8 Å². The predicted octanol–water partition coefficient (Wildman–Crippen LogP) is 3.48. The highest BCUT2D eigenvalue weighted by Crippen LogP contribution is 2.39. The van der Waals surface area contributed by atoms with Crippen LogP contribution in [0, 0.1) is 17.8 Å². The number of para-hydroxylation sites is 1. The van der Waals surface area contributed by atoms with E-state index in [9.17, 15) is 24.9 Å². The van der Waals surface area contributed by atoms with Crippen LogP contribution in [0.25, 0.3) is 11.1 Å². The van der Waals surface area contributed by atoms with Crippen LogP contribution in [-0.2, 0) is 22.6 Å². The zero-order valence-electron chi connectivity index (χ0n) is 33.1. The van der Waals surface area contributed by atoms with Crippen LogP contribution in [0.1, 0.15) is 61.6 Å². The number of nitrogens with zero attached hydrogens (tertiary/aromatic N) is 3. The standard InChI is InChI=1S/C42H60N6O7/c1-26-11-9-15-36(27(26)2)46-42(53)39-38(28(3)51)37(25-50)55-48(39)23-29-12-10-14-35(40(29)54-6)30-19-31(21-33(20-30)44-17-18-49)41(52)45-34(24-47(4)5)22-32-13-7-8-16-43-32/h7-8,10,12-14,16,19-21,26-28,34,36-39,44,49-51H,9,11,15,17-18,22-25H2,1-6H3,(H,45,52)(H,46,53)/t26-,27-,28-,34-,36-,37-,38+,39-/m0/s1. The number of rotatable bonds is 17. The summed E-state index contributed by atoms with van der Waals surface area (Å²) in [5, 5.41) is 42.1. The first-order valence-electron chi connectivity index (χ1n) is 19.5. The van der Waals surface area contributed by atoms with E-state index in [4.69, 9.17) is 9.57 Å². The molecule has 13 nitrogen and oxygen atoms in total. The minimum absolute atomic E-state index is 0.00470. The number of aromatic nitrogens is 1. The molecule has 1 aliphatic heterocycles. The van der Waals surface area contributed by atoms with Crippen LogP contribution in [0.4, 0.5) is 5.69 Å². The van der Waals surface area contributed by atoms with Crippen LogP contribution >= 0.6 is 0 Å². The van der Waals surface area contributed by atoms with E-state index in [-0.39, 0.29) is 50.2 Å². The lowest BCUT2D eigenvalue weighted by Gasteiger charge is -2.36. The normalized spacial score (nSPS) is 24.0. The smallest absolute Gasteiger partial charge is 0.251 e. The van der Waals surface area contributed by atoms with E-state index in [1.54, 1.807) is 31.4 Å². The molecule has 2 amide bonds. The molecule has 2 fully saturated rings. The molecule has 8 atom stereocenters. The number of carbonyl (C=O) groups excluding carboxylic acids is 2. The molecule has 300 valence electrons. The van der Waals surface area contributed by atoms with E-state index in [2.05, 4.69) is 34.8 Å². The van der Waals surface area contributed by atoms with Crippen molar-refractivity contribution >= 4 is 17.5 Å². The van der Waals surface area contributed by atoms with E-state index >= 15 is 0 Å². The van der Waals surface area contributed by atoms with E-state index in [0.29, 0.717) is 58.5 Å². The summed E-state index contributed by atoms with van der Waals surface area (Å²) in [5.74, 6) is 0.143. The fourth-order valence-corrected chi connectivity index (χ4v) is 8.13. The summed E-state index contributed by atoms with van der Waals surface area (Å²) >= 11 is 0. The number of anilines is 1. The number of methoxy groups -OCH3 is 1. The van der Waals surface area contributed by atoms with Crippen molar-refractivity contribution in [3.05, 3.63) is 77.6 Å². The molecule has 2 heterocycles. The van der Waals surface area contributed by atoms with Crippen LogP contribution in [0.15, 0.2) is 60.8 Å². The fraction of sp³-hybridized carbons (Fsp3) is 0.548. The molecule has 0 radical (unpaired) electrons. The topological polar surface area (TPSA) is 169 Å². The minimum atomic E-state index is -0.922. The fourth-order valence-electron chi connectivity index (χ4n) is 8.13. The first kappa shape index (κ1) is 42.0. The minimum Gasteiger partial charge on any atom is -0.496 e. The summed E-state index contributed by atoms with van der Waals surface area (Å²) in [5.41, 5.74) is 4.06. The lowest BCUT2D eigenvalue weighted by atomic mass is 9.77. The molecular weight excluding hydrogens is 700 g/mol. The van der Waals surface area contributed by atoms with Gasteiger partial charge in [-0.3, -0.25) is 19.4 Å². The number of aliphatic hydroxyl groups excluding tert-OH is 3. The summed E-state index contributed by atoms with van der Waals surface area (Å²) in [7, 11) is 5.49. The molecule has 0 unspecified atom stereocenters. The van der Waals surface area contributed by atoms with Crippen molar-refractivity contribution in [1.82, 2.24) is 25.6 Å². The summed E-state index contributed by atoms with van der Waals surface area (Å²) in [6.07, 6.45) is 3.64. The average Bonchev–Trinajstić information content (AvgIpc) is 3.54. The van der Waals surface area contributed by atoms with Crippen molar-refractivity contribution in [3.63, 3.8) is 0 Å². The molecular formula is C42H60N6O7. The van der Waals surface area contributed by atoms with Crippen LogP contribution in [-0.4, -0.2) is 120 Å². The number of amides is 2. The second-order valence-corrected chi connectivity index (χ2v) is 15.5. The Morgan fingerprint density at radius 3 is 2.56 bits per heavy atom. The number of nitrogens with one attached hydrogen (secondary N) is 3. The van der Waals surface area contributed by atoms with Gasteiger partial charge in [-0.15, -0.1) is 0 Å². The van der Waals surface area contributed by atoms with Gasteiger partial charge in [0.2, 0.25) is 5.91 Å². The first-order valence-corrected chi connectivity index (χ1v) is 19.5. The number of ether oxygens (including phenoxy) is 1. The van der Waals surface area contributed by atoms with E-state index in [1.165, 1.54) is 0 Å². The maximum Gasteiger partial charge on any atom is 0.251 e. The molecule has 1 saturated carbocycles. The SMILES string of the molecule is COc1c(CN2O[C@@H](CO)[C@@H]([C@H](C)O)[C@H]2C(=O)N[C@H]2CCC[C@H](C)[C@@H]2C)cccc1-c1cc(NCCO)cc(C(=O)N[C@@H](Cc2ccccn2)CN(C)C)c1. The van der Waals surface area contributed by atoms with Crippen LogP contribution in [0.2, 0.25) is 0 Å². The van der Waals surface area contributed by atoms with Crippen LogP contribution in [0.5, 0.6) is 5.75 Å². The third-order valence-corrected chi connectivity index (χ3v) is 11.1. The van der Waals surface area contributed by atoms with Crippen LogP contribution in [0.3, 0.4) is 0 Å². The molecule has 3 aromatic rings. The Balaban J connectivity index is 1.46. The number of hydroxylamine groups is 2. The van der Waals surface area contributed by atoms with E-state index in [0.717, 1.165) is 25.0 Å². The lowest BCUT2D eigenvalue weighted by molar-refractivity contribution is -0.182. The number of hydrogen-bond acceptors (Lipinski definition) is 11. The second kappa shape index (κ2) is 19.7. The van der Waals surface area contributed by atoms with Crippen molar-refractivity contribution in [2.45, 2.75) is 83.3 Å². The highest BCUT2D eigenvalue weighted by molar-refractivity contribution is 5.97. The number of benzene rings is 2. The van der Waals surface area contributed by atoms with E-state index < -0.39 is 24.2 Å². The molecule has 2 aromatic carbocycles. The van der Waals surface area contributed by atoms with Gasteiger partial charge >= 0.3 is 0 Å². The largest absolute Gasteiger partial charge is 0.496 e. The molecule has 6 N–H and O–H groups in total. The van der Waals surface area contributed by atoms with Gasteiger partial charge in [0.25, 0.3) is 5.91 Å². The number of hydrogen-bond donors (Lipinski definition) is 6. The van der Waals surface area contributed by atoms with Gasteiger partial charge in [-0.25, -0.2) is 0 Å². The van der Waals surface area contributed by atoms with Crippen molar-refractivity contribution in [3.8, 4) is 16.9 Å². The monoisotopic (exact) mass is 760 g/mol. The van der Waals surface area contributed by atoms with Gasteiger partial charge < -0.3 is 40.9 Å².